The Morgan fingerprint density at radius 2 is 1.53 bits per heavy atom. The molecular weight excluding hydrogens is 242 g/mol. The molecule has 1 aliphatic heterocycles. The van der Waals surface area contributed by atoms with Gasteiger partial charge in [0.1, 0.15) is 0 Å². The molecule has 1 fully saturated rings. The number of nitrogens with zero attached hydrogens (tertiary/aromatic N) is 2. The number of amides is 2. The zero-order valence-electron chi connectivity index (χ0n) is 12.2. The van der Waals surface area contributed by atoms with Gasteiger partial charge in [0.15, 0.2) is 0 Å². The van der Waals surface area contributed by atoms with Crippen LogP contribution in [0.2, 0.25) is 0 Å². The summed E-state index contributed by atoms with van der Waals surface area (Å²) in [4.78, 5) is 27.6. The van der Waals surface area contributed by atoms with Crippen LogP contribution in [-0.2, 0) is 9.59 Å². The predicted octanol–water partition coefficient (Wildman–Crippen LogP) is 0.832. The normalized spacial score (nSPS) is 16.0. The smallest absolute Gasteiger partial charge is 0.222 e. The van der Waals surface area contributed by atoms with Crippen LogP contribution in [0.5, 0.6) is 0 Å². The van der Waals surface area contributed by atoms with E-state index in [1.807, 2.05) is 9.80 Å². The Morgan fingerprint density at radius 1 is 1.00 bits per heavy atom. The van der Waals surface area contributed by atoms with Gasteiger partial charge in [-0.2, -0.15) is 0 Å². The highest BCUT2D eigenvalue weighted by Crippen LogP contribution is 2.10. The van der Waals surface area contributed by atoms with Crippen LogP contribution in [0.25, 0.3) is 0 Å². The summed E-state index contributed by atoms with van der Waals surface area (Å²) in [5.41, 5.74) is 5.42. The highest BCUT2D eigenvalue weighted by Gasteiger charge is 2.23. The summed E-state index contributed by atoms with van der Waals surface area (Å²) < 4.78 is 0. The molecule has 0 spiro atoms. The van der Waals surface area contributed by atoms with Crippen molar-refractivity contribution in [3.8, 4) is 0 Å². The second-order valence-electron chi connectivity index (χ2n) is 5.61. The second-order valence-corrected chi connectivity index (χ2v) is 5.61. The first-order valence-corrected chi connectivity index (χ1v) is 7.30. The lowest BCUT2D eigenvalue weighted by Gasteiger charge is -2.35. The number of piperazine rings is 1. The molecule has 5 nitrogen and oxygen atoms in total. The van der Waals surface area contributed by atoms with Gasteiger partial charge in [-0.3, -0.25) is 9.59 Å². The molecule has 0 aliphatic carbocycles. The molecule has 0 radical (unpaired) electrons. The lowest BCUT2D eigenvalue weighted by atomic mass is 10.1. The van der Waals surface area contributed by atoms with Gasteiger partial charge in [-0.05, 0) is 25.3 Å². The summed E-state index contributed by atoms with van der Waals surface area (Å²) in [6, 6.07) is 0. The Morgan fingerprint density at radius 3 is 2.00 bits per heavy atom. The lowest BCUT2D eigenvalue weighted by Crippen LogP contribution is -2.50. The second kappa shape index (κ2) is 8.15. The van der Waals surface area contributed by atoms with E-state index in [1.165, 1.54) is 0 Å². The summed E-state index contributed by atoms with van der Waals surface area (Å²) in [5, 5.41) is 0. The zero-order chi connectivity index (χ0) is 14.3. The van der Waals surface area contributed by atoms with Crippen LogP contribution < -0.4 is 5.73 Å². The van der Waals surface area contributed by atoms with Crippen LogP contribution in [0, 0.1) is 5.92 Å². The van der Waals surface area contributed by atoms with E-state index in [1.54, 1.807) is 0 Å². The zero-order valence-corrected chi connectivity index (χ0v) is 12.2. The molecule has 5 heteroatoms. The molecule has 0 aromatic heterocycles. The van der Waals surface area contributed by atoms with E-state index in [2.05, 4.69) is 13.8 Å². The van der Waals surface area contributed by atoms with Gasteiger partial charge in [0.25, 0.3) is 0 Å². The molecule has 110 valence electrons. The lowest BCUT2D eigenvalue weighted by molar-refractivity contribution is -0.140. The molecule has 2 N–H and O–H groups in total. The minimum Gasteiger partial charge on any atom is -0.339 e. The van der Waals surface area contributed by atoms with Gasteiger partial charge in [0.05, 0.1) is 0 Å². The van der Waals surface area contributed by atoms with Gasteiger partial charge in [-0.25, -0.2) is 0 Å². The van der Waals surface area contributed by atoms with Crippen molar-refractivity contribution in [1.82, 2.24) is 9.80 Å². The summed E-state index contributed by atoms with van der Waals surface area (Å²) >= 11 is 0. The largest absolute Gasteiger partial charge is 0.339 e. The van der Waals surface area contributed by atoms with E-state index >= 15 is 0 Å². The van der Waals surface area contributed by atoms with E-state index in [0.717, 1.165) is 12.8 Å². The maximum atomic E-state index is 11.9. The van der Waals surface area contributed by atoms with Crippen molar-refractivity contribution in [3.05, 3.63) is 0 Å². The van der Waals surface area contributed by atoms with Crippen LogP contribution >= 0.6 is 0 Å². The van der Waals surface area contributed by atoms with Gasteiger partial charge >= 0.3 is 0 Å². The first kappa shape index (κ1) is 16.0. The van der Waals surface area contributed by atoms with Crippen molar-refractivity contribution in [2.24, 2.45) is 11.7 Å². The molecule has 1 aliphatic rings. The minimum atomic E-state index is 0.199. The van der Waals surface area contributed by atoms with E-state index in [0.29, 0.717) is 51.5 Å². The van der Waals surface area contributed by atoms with E-state index < -0.39 is 0 Å². The molecule has 0 saturated carbocycles. The Hall–Kier alpha value is -1.10. The molecular formula is C14H27N3O2. The van der Waals surface area contributed by atoms with Crippen molar-refractivity contribution in [2.45, 2.75) is 39.5 Å². The van der Waals surface area contributed by atoms with Crippen LogP contribution in [0.1, 0.15) is 39.5 Å². The van der Waals surface area contributed by atoms with Crippen LogP contribution in [0.15, 0.2) is 0 Å². The van der Waals surface area contributed by atoms with E-state index in [4.69, 9.17) is 5.73 Å². The Bertz CT molecular complexity index is 297. The van der Waals surface area contributed by atoms with Crippen molar-refractivity contribution in [3.63, 3.8) is 0 Å². The van der Waals surface area contributed by atoms with Gasteiger partial charge in [-0.1, -0.05) is 13.8 Å². The average molecular weight is 269 g/mol. The number of rotatable bonds is 6. The van der Waals surface area contributed by atoms with Crippen molar-refractivity contribution >= 4 is 11.8 Å². The molecule has 1 rings (SSSR count). The predicted molar refractivity (Wildman–Crippen MR) is 75.5 cm³/mol. The average Bonchev–Trinajstić information content (AvgIpc) is 2.38. The number of hydrogen-bond donors (Lipinski definition) is 1. The molecule has 0 bridgehead atoms. The Balaban J connectivity index is 2.28. The van der Waals surface area contributed by atoms with E-state index in [-0.39, 0.29) is 11.8 Å². The first-order chi connectivity index (χ1) is 9.04. The topological polar surface area (TPSA) is 66.6 Å². The molecule has 0 atom stereocenters. The molecule has 2 amide bonds. The van der Waals surface area contributed by atoms with E-state index in [9.17, 15) is 9.59 Å². The summed E-state index contributed by atoms with van der Waals surface area (Å²) in [5.74, 6) is 0.804. The highest BCUT2D eigenvalue weighted by molar-refractivity contribution is 5.78. The van der Waals surface area contributed by atoms with Crippen molar-refractivity contribution in [1.29, 1.82) is 0 Å². The maximum absolute atomic E-state index is 11.9. The summed E-state index contributed by atoms with van der Waals surface area (Å²) in [6.45, 7) is 7.44. The molecule has 1 heterocycles. The van der Waals surface area contributed by atoms with Gasteiger partial charge in [-0.15, -0.1) is 0 Å². The summed E-state index contributed by atoms with van der Waals surface area (Å²) in [6.07, 6.45) is 2.95. The third-order valence-corrected chi connectivity index (χ3v) is 3.41. The third kappa shape index (κ3) is 5.59. The van der Waals surface area contributed by atoms with Gasteiger partial charge in [0, 0.05) is 39.0 Å². The molecule has 19 heavy (non-hydrogen) atoms. The number of unbranched alkanes of at least 4 members (excludes halogenated alkanes) is 1. The summed E-state index contributed by atoms with van der Waals surface area (Å²) in [7, 11) is 0. The fourth-order valence-corrected chi connectivity index (χ4v) is 2.26. The molecule has 0 unspecified atom stereocenters. The van der Waals surface area contributed by atoms with Crippen molar-refractivity contribution in [2.75, 3.05) is 32.7 Å². The number of carbonyl (C=O) groups is 2. The standard InChI is InChI=1S/C14H27N3O2/c1-12(2)11-14(19)17-9-7-16(8-10-17)13(18)5-3-4-6-15/h12H,3-11,15H2,1-2H3. The van der Waals surface area contributed by atoms with Crippen LogP contribution in [0.3, 0.4) is 0 Å². The minimum absolute atomic E-state index is 0.199. The number of hydrogen-bond acceptors (Lipinski definition) is 3. The highest BCUT2D eigenvalue weighted by atomic mass is 16.2. The van der Waals surface area contributed by atoms with Crippen molar-refractivity contribution < 1.29 is 9.59 Å². The third-order valence-electron chi connectivity index (χ3n) is 3.41. The van der Waals surface area contributed by atoms with Crippen LogP contribution in [-0.4, -0.2) is 54.3 Å². The Kier molecular flexibility index (Phi) is 6.84. The molecule has 1 saturated heterocycles. The monoisotopic (exact) mass is 269 g/mol. The Labute approximate surface area is 116 Å². The number of nitrogens with two attached hydrogens (primary N) is 1. The molecule has 0 aromatic carbocycles. The van der Waals surface area contributed by atoms with Crippen LogP contribution in [0.4, 0.5) is 0 Å². The fourth-order valence-electron chi connectivity index (χ4n) is 2.26. The molecule has 0 aromatic rings. The SMILES string of the molecule is CC(C)CC(=O)N1CCN(C(=O)CCCCN)CC1. The fraction of sp³-hybridized carbons (Fsp3) is 0.857. The quantitative estimate of drug-likeness (QED) is 0.726. The first-order valence-electron chi connectivity index (χ1n) is 7.30. The van der Waals surface area contributed by atoms with Gasteiger partial charge < -0.3 is 15.5 Å². The number of carbonyl (C=O) groups excluding carboxylic acids is 2. The maximum Gasteiger partial charge on any atom is 0.222 e. The van der Waals surface area contributed by atoms with Gasteiger partial charge in [0.2, 0.25) is 11.8 Å².